The summed E-state index contributed by atoms with van der Waals surface area (Å²) in [5, 5.41) is 40.4. The van der Waals surface area contributed by atoms with Crippen LogP contribution in [0.1, 0.15) is 76.7 Å². The van der Waals surface area contributed by atoms with Crippen molar-refractivity contribution in [3.05, 3.63) is 36.0 Å². The van der Waals surface area contributed by atoms with Gasteiger partial charge in [-0.25, -0.2) is 10.3 Å². The lowest BCUT2D eigenvalue weighted by Gasteiger charge is -2.23. The van der Waals surface area contributed by atoms with E-state index in [1.54, 1.807) is 12.3 Å². The number of fused-ring (bicyclic) bond motifs is 2. The predicted octanol–water partition coefficient (Wildman–Crippen LogP) is -1.80. The number of H-pyrrole nitrogens is 1. The molecule has 0 spiro atoms. The number of aromatic nitrogens is 1. The van der Waals surface area contributed by atoms with Crippen molar-refractivity contribution < 1.29 is 53.5 Å². The first-order chi connectivity index (χ1) is 30.7. The van der Waals surface area contributed by atoms with Crippen LogP contribution in [0, 0.1) is 5.92 Å². The van der Waals surface area contributed by atoms with Gasteiger partial charge in [0.25, 0.3) is 0 Å². The Bertz CT molecular complexity index is 1970. The molecule has 1 unspecified atom stereocenters. The highest BCUT2D eigenvalue weighted by atomic mass is 32.2. The number of thioether (sulfide) groups is 1. The van der Waals surface area contributed by atoms with E-state index in [-0.39, 0.29) is 56.3 Å². The van der Waals surface area contributed by atoms with Crippen molar-refractivity contribution in [2.75, 3.05) is 32.0 Å². The van der Waals surface area contributed by atoms with Crippen LogP contribution in [0.15, 0.2) is 30.5 Å². The molecule has 14 N–H and O–H groups in total. The number of hydrogen-bond donors (Lipinski definition) is 13. The minimum absolute atomic E-state index is 0.0224. The third-order valence-corrected chi connectivity index (χ3v) is 12.5. The van der Waals surface area contributed by atoms with Crippen molar-refractivity contribution in [3.63, 3.8) is 0 Å². The van der Waals surface area contributed by atoms with E-state index in [2.05, 4.69) is 47.5 Å². The molecule has 3 heterocycles. The predicted molar refractivity (Wildman–Crippen MR) is 234 cm³/mol. The molecule has 1 aromatic carbocycles. The molecule has 64 heavy (non-hydrogen) atoms. The van der Waals surface area contributed by atoms with Crippen molar-refractivity contribution in [1.29, 1.82) is 0 Å². The molecule has 2 aliphatic heterocycles. The molecule has 4 rings (SSSR count). The molecular formula is C41H61N11O11S. The lowest BCUT2D eigenvalue weighted by molar-refractivity contribution is -0.136. The smallest absolute Gasteiger partial charge is 0.315 e. The zero-order valence-corrected chi connectivity index (χ0v) is 36.6. The van der Waals surface area contributed by atoms with Crippen LogP contribution in [0.4, 0.5) is 4.79 Å². The van der Waals surface area contributed by atoms with Crippen molar-refractivity contribution in [1.82, 2.24) is 53.0 Å². The van der Waals surface area contributed by atoms with Gasteiger partial charge >= 0.3 is 6.03 Å². The number of urea groups is 1. The third kappa shape index (κ3) is 16.3. The minimum atomic E-state index is -1.24. The van der Waals surface area contributed by atoms with Crippen molar-refractivity contribution >= 4 is 76.0 Å². The number of benzene rings is 1. The molecule has 0 saturated carbocycles. The average molecular weight is 916 g/mol. The molecular weight excluding hydrogens is 855 g/mol. The quantitative estimate of drug-likeness (QED) is 0.0195. The van der Waals surface area contributed by atoms with E-state index in [4.69, 9.17) is 10.9 Å². The number of aliphatic hydroxyl groups excluding tert-OH is 1. The summed E-state index contributed by atoms with van der Waals surface area (Å²) in [6.45, 7) is 0.385. The molecule has 0 aliphatic carbocycles. The van der Waals surface area contributed by atoms with Gasteiger partial charge in [-0.05, 0) is 63.5 Å². The number of aromatic amines is 1. The van der Waals surface area contributed by atoms with Gasteiger partial charge < -0.3 is 58.4 Å². The second kappa shape index (κ2) is 26.0. The van der Waals surface area contributed by atoms with Gasteiger partial charge in [0.2, 0.25) is 47.3 Å². The summed E-state index contributed by atoms with van der Waals surface area (Å²) in [6.07, 6.45) is 5.60. The number of hydroxylamine groups is 1. The Morgan fingerprint density at radius 3 is 2.33 bits per heavy atom. The number of unbranched alkanes of at least 4 members (excludes halogenated alkanes) is 2. The number of nitrogens with one attached hydrogen (secondary N) is 10. The van der Waals surface area contributed by atoms with Crippen LogP contribution >= 0.6 is 11.8 Å². The molecule has 2 aromatic rings. The fraction of sp³-hybridized carbons (Fsp3) is 0.585. The Morgan fingerprint density at radius 2 is 1.58 bits per heavy atom. The number of carbonyl (C=O) groups is 9. The number of primary amides is 1. The molecule has 7 atom stereocenters. The summed E-state index contributed by atoms with van der Waals surface area (Å²) in [5.41, 5.74) is 8.40. The van der Waals surface area contributed by atoms with Crippen LogP contribution in [0.5, 0.6) is 0 Å². The Labute approximate surface area is 374 Å². The second-order valence-corrected chi connectivity index (χ2v) is 17.2. The topological polar surface area (TPSA) is 344 Å². The number of carbonyl (C=O) groups excluding carboxylic acids is 9. The summed E-state index contributed by atoms with van der Waals surface area (Å²) < 4.78 is 0. The maximum absolute atomic E-state index is 13.5. The van der Waals surface area contributed by atoms with Gasteiger partial charge in [-0.3, -0.25) is 43.6 Å². The molecule has 0 bridgehead atoms. The monoisotopic (exact) mass is 915 g/mol. The number of hydrogen-bond acceptors (Lipinski definition) is 12. The Morgan fingerprint density at radius 1 is 0.812 bits per heavy atom. The zero-order chi connectivity index (χ0) is 46.6. The normalized spacial score (nSPS) is 18.2. The molecule has 2 aliphatic rings. The molecule has 10 amide bonds. The van der Waals surface area contributed by atoms with Crippen molar-refractivity contribution in [2.24, 2.45) is 11.7 Å². The van der Waals surface area contributed by atoms with Crippen LogP contribution in [0.3, 0.4) is 0 Å². The fourth-order valence-electron chi connectivity index (χ4n) is 7.48. The average Bonchev–Trinajstić information content (AvgIpc) is 3.97. The number of para-hydroxylation sites is 1. The van der Waals surface area contributed by atoms with Crippen molar-refractivity contribution in [3.8, 4) is 0 Å². The van der Waals surface area contributed by atoms with E-state index in [1.165, 1.54) is 12.4 Å². The maximum atomic E-state index is 13.5. The van der Waals surface area contributed by atoms with Gasteiger partial charge in [-0.15, -0.1) is 0 Å². The lowest BCUT2D eigenvalue weighted by Crippen LogP contribution is -2.55. The SMILES string of the molecule is C[C@H](NC(=O)C(CCCO)CC(=O)NO)C(=O)N[C@@H](Cc1c[nH]c2ccccc12)C(=O)NCC(=O)NCC(=O)N[C@@H](CCCCNC(=O)CCCC[C@@H]1SC[C@@H]2NC(=O)N[C@@H]21)C(N)=O. The largest absolute Gasteiger partial charge is 0.396 e. The van der Waals surface area contributed by atoms with Crippen LogP contribution in [-0.4, -0.2) is 136 Å². The van der Waals surface area contributed by atoms with Crippen LogP contribution in [0.2, 0.25) is 0 Å². The fourth-order valence-corrected chi connectivity index (χ4v) is 9.03. The maximum Gasteiger partial charge on any atom is 0.315 e. The zero-order valence-electron chi connectivity index (χ0n) is 35.8. The second-order valence-electron chi connectivity index (χ2n) is 15.9. The summed E-state index contributed by atoms with van der Waals surface area (Å²) in [4.78, 5) is 116. The number of amides is 10. The van der Waals surface area contributed by atoms with Crippen molar-refractivity contribution in [2.45, 2.75) is 113 Å². The van der Waals surface area contributed by atoms with Gasteiger partial charge in [0, 0.05) is 66.4 Å². The highest BCUT2D eigenvalue weighted by molar-refractivity contribution is 8.00. The molecule has 1 aromatic heterocycles. The Balaban J connectivity index is 1.18. The number of nitrogens with two attached hydrogens (primary N) is 1. The minimum Gasteiger partial charge on any atom is -0.396 e. The van der Waals surface area contributed by atoms with Crippen LogP contribution < -0.4 is 53.7 Å². The summed E-state index contributed by atoms with van der Waals surface area (Å²) in [7, 11) is 0. The summed E-state index contributed by atoms with van der Waals surface area (Å²) in [6, 6.07) is 3.99. The van der Waals surface area contributed by atoms with Gasteiger partial charge in [0.15, 0.2) is 0 Å². The summed E-state index contributed by atoms with van der Waals surface area (Å²) >= 11 is 1.83. The molecule has 352 valence electrons. The summed E-state index contributed by atoms with van der Waals surface area (Å²) in [5.74, 6) is -5.41. The van der Waals surface area contributed by atoms with E-state index >= 15 is 0 Å². The first-order valence-electron chi connectivity index (χ1n) is 21.5. The third-order valence-electron chi connectivity index (χ3n) is 11.0. The van der Waals surface area contributed by atoms with Gasteiger partial charge in [-0.2, -0.15) is 11.8 Å². The Hall–Kier alpha value is -5.94. The van der Waals surface area contributed by atoms with Gasteiger partial charge in [-0.1, -0.05) is 24.6 Å². The standard InChI is InChI=1S/C41H61N11O11S/c1-23(47-39(60)24(9-8-16-53)18-33(55)52-63)38(59)49-29(17-25-19-44-27-11-3-2-10-26(25)27)40(61)46-20-34(56)45-21-35(57)48-28(37(42)58)12-6-7-15-43-32(54)14-5-4-13-31-36-30(22-64-31)50-41(62)51-36/h2-3,10-11,19,23-24,28-31,36,44,53,63H,4-9,12-18,20-22H2,1H3,(H2,42,58)(H,43,54)(H,45,56)(H,46,61)(H,47,60)(H,48,57)(H,49,59)(H,52,55)(H2,50,51,62)/t23-,24?,28-,29-,30-,31-,36-/m0/s1. The van der Waals surface area contributed by atoms with Gasteiger partial charge in [0.1, 0.15) is 18.1 Å². The van der Waals surface area contributed by atoms with E-state index in [0.29, 0.717) is 36.6 Å². The lowest BCUT2D eigenvalue weighted by atomic mass is 9.97. The molecule has 22 nitrogen and oxygen atoms in total. The highest BCUT2D eigenvalue weighted by Gasteiger charge is 2.42. The molecule has 23 heteroatoms. The van der Waals surface area contributed by atoms with E-state index in [1.807, 2.05) is 30.0 Å². The van der Waals surface area contributed by atoms with E-state index in [0.717, 1.165) is 35.9 Å². The van der Waals surface area contributed by atoms with Gasteiger partial charge in [0.05, 0.1) is 25.2 Å². The van der Waals surface area contributed by atoms with E-state index in [9.17, 15) is 48.3 Å². The first-order valence-corrected chi connectivity index (χ1v) is 22.5. The molecule has 2 saturated heterocycles. The molecule has 0 radical (unpaired) electrons. The Kier molecular flexibility index (Phi) is 20.6. The number of aliphatic hydroxyl groups is 1. The first kappa shape index (κ1) is 50.7. The van der Waals surface area contributed by atoms with Crippen LogP contribution in [0.25, 0.3) is 10.9 Å². The van der Waals surface area contributed by atoms with E-state index < -0.39 is 84.9 Å². The number of rotatable bonds is 28. The highest BCUT2D eigenvalue weighted by Crippen LogP contribution is 2.33. The molecule has 2 fully saturated rings. The van der Waals surface area contributed by atoms with Crippen LogP contribution in [-0.2, 0) is 44.8 Å².